The Morgan fingerprint density at radius 2 is 1.91 bits per heavy atom. The standard InChI is InChI=1S/C27H23NO5/c29-21-9-4-10-22(21)33-27(30)25-18-6-1-2-8-20(18)28-26-17(5-3-7-19(25)26)13-16-11-12-23-24(14-16)32-15-31-23/h1-2,6,8,11-14,22H,3-5,7,9-10,15H2/b17-13+. The van der Waals surface area contributed by atoms with Crippen LogP contribution in [0.4, 0.5) is 0 Å². The van der Waals surface area contributed by atoms with Gasteiger partial charge in [-0.3, -0.25) is 4.79 Å². The van der Waals surface area contributed by atoms with Crippen molar-refractivity contribution in [2.75, 3.05) is 6.79 Å². The molecular weight excluding hydrogens is 418 g/mol. The van der Waals surface area contributed by atoms with Crippen molar-refractivity contribution in [2.45, 2.75) is 44.6 Å². The van der Waals surface area contributed by atoms with Crippen LogP contribution < -0.4 is 9.47 Å². The lowest BCUT2D eigenvalue weighted by Gasteiger charge is -2.23. The first-order valence-electron chi connectivity index (χ1n) is 11.4. The molecule has 166 valence electrons. The molecule has 6 heteroatoms. The number of benzene rings is 2. The Labute approximate surface area is 191 Å². The summed E-state index contributed by atoms with van der Waals surface area (Å²) in [5.41, 5.74) is 5.11. The molecule has 0 saturated heterocycles. The smallest absolute Gasteiger partial charge is 0.339 e. The van der Waals surface area contributed by atoms with E-state index in [2.05, 4.69) is 6.08 Å². The lowest BCUT2D eigenvalue weighted by molar-refractivity contribution is -0.124. The first-order chi connectivity index (χ1) is 16.2. The zero-order chi connectivity index (χ0) is 22.4. The molecule has 0 amide bonds. The van der Waals surface area contributed by atoms with E-state index in [1.54, 1.807) is 0 Å². The van der Waals surface area contributed by atoms with Crippen LogP contribution in [0.25, 0.3) is 22.6 Å². The Bertz CT molecular complexity index is 1330. The molecule has 0 N–H and O–H groups in total. The summed E-state index contributed by atoms with van der Waals surface area (Å²) in [5.74, 6) is 1.07. The quantitative estimate of drug-likeness (QED) is 0.525. The fourth-order valence-electron chi connectivity index (χ4n) is 5.01. The number of allylic oxidation sites excluding steroid dienone is 1. The van der Waals surface area contributed by atoms with Crippen molar-refractivity contribution in [3.63, 3.8) is 0 Å². The summed E-state index contributed by atoms with van der Waals surface area (Å²) < 4.78 is 16.7. The molecule has 1 unspecified atom stereocenters. The van der Waals surface area contributed by atoms with E-state index in [9.17, 15) is 9.59 Å². The molecule has 3 aromatic rings. The highest BCUT2D eigenvalue weighted by molar-refractivity contribution is 6.07. The zero-order valence-electron chi connectivity index (χ0n) is 18.1. The highest BCUT2D eigenvalue weighted by Gasteiger charge is 2.31. The lowest BCUT2D eigenvalue weighted by atomic mass is 9.86. The van der Waals surface area contributed by atoms with Gasteiger partial charge in [-0.15, -0.1) is 0 Å². The summed E-state index contributed by atoms with van der Waals surface area (Å²) in [6.45, 7) is 0.237. The lowest BCUT2D eigenvalue weighted by Crippen LogP contribution is -2.24. The number of Topliss-reactive ketones (excluding diaryl/α,β-unsaturated/α-hetero) is 1. The number of para-hydroxylation sites is 1. The van der Waals surface area contributed by atoms with Crippen LogP contribution in [-0.2, 0) is 16.0 Å². The predicted octanol–water partition coefficient (Wildman–Crippen LogP) is 5.12. The Kier molecular flexibility index (Phi) is 4.86. The number of aromatic nitrogens is 1. The maximum absolute atomic E-state index is 13.4. The number of carbonyl (C=O) groups excluding carboxylic acids is 2. The number of esters is 1. The third-order valence-corrected chi connectivity index (χ3v) is 6.61. The van der Waals surface area contributed by atoms with Gasteiger partial charge in [0, 0.05) is 11.8 Å². The number of hydrogen-bond acceptors (Lipinski definition) is 6. The molecule has 33 heavy (non-hydrogen) atoms. The first-order valence-corrected chi connectivity index (χ1v) is 11.4. The Balaban J connectivity index is 1.46. The summed E-state index contributed by atoms with van der Waals surface area (Å²) in [5, 5.41) is 0.774. The minimum atomic E-state index is -0.632. The average molecular weight is 441 g/mol. The molecule has 1 saturated carbocycles. The molecule has 0 bridgehead atoms. The molecule has 1 atom stereocenters. The average Bonchev–Trinajstić information content (AvgIpc) is 3.46. The second-order valence-corrected chi connectivity index (χ2v) is 8.72. The highest BCUT2D eigenvalue weighted by atomic mass is 16.7. The third-order valence-electron chi connectivity index (χ3n) is 6.61. The van der Waals surface area contributed by atoms with Crippen LogP contribution in [-0.4, -0.2) is 29.6 Å². The van der Waals surface area contributed by atoms with Gasteiger partial charge < -0.3 is 14.2 Å². The van der Waals surface area contributed by atoms with Crippen LogP contribution in [0.1, 0.15) is 59.3 Å². The fourth-order valence-corrected chi connectivity index (χ4v) is 5.01. The number of ether oxygens (including phenoxy) is 3. The van der Waals surface area contributed by atoms with Gasteiger partial charge >= 0.3 is 5.97 Å². The molecule has 0 spiro atoms. The van der Waals surface area contributed by atoms with E-state index in [0.29, 0.717) is 18.4 Å². The zero-order valence-corrected chi connectivity index (χ0v) is 18.1. The summed E-state index contributed by atoms with van der Waals surface area (Å²) >= 11 is 0. The van der Waals surface area contributed by atoms with E-state index < -0.39 is 12.1 Å². The van der Waals surface area contributed by atoms with Crippen LogP contribution in [0.3, 0.4) is 0 Å². The van der Waals surface area contributed by atoms with Gasteiger partial charge in [0.25, 0.3) is 0 Å². The monoisotopic (exact) mass is 441 g/mol. The van der Waals surface area contributed by atoms with E-state index >= 15 is 0 Å². The topological polar surface area (TPSA) is 74.7 Å². The SMILES string of the molecule is O=C(OC1CCCC1=O)c1c2c(nc3ccccc13)/C(=C/c1ccc3c(c1)OCO3)CCC2. The number of carbonyl (C=O) groups is 2. The van der Waals surface area contributed by atoms with Gasteiger partial charge in [0.15, 0.2) is 23.4 Å². The van der Waals surface area contributed by atoms with Gasteiger partial charge in [-0.25, -0.2) is 9.78 Å². The molecule has 2 aliphatic carbocycles. The number of hydrogen-bond donors (Lipinski definition) is 0. The molecule has 3 aliphatic rings. The molecule has 6 rings (SSSR count). The normalized spacial score (nSPS) is 20.3. The predicted molar refractivity (Wildman–Crippen MR) is 123 cm³/mol. The van der Waals surface area contributed by atoms with Crippen molar-refractivity contribution < 1.29 is 23.8 Å². The highest BCUT2D eigenvalue weighted by Crippen LogP contribution is 2.38. The maximum Gasteiger partial charge on any atom is 0.339 e. The van der Waals surface area contributed by atoms with Gasteiger partial charge in [0.1, 0.15) is 0 Å². The van der Waals surface area contributed by atoms with Crippen molar-refractivity contribution in [3.8, 4) is 11.5 Å². The largest absolute Gasteiger partial charge is 0.454 e. The van der Waals surface area contributed by atoms with Crippen LogP contribution in [0, 0.1) is 0 Å². The van der Waals surface area contributed by atoms with E-state index in [4.69, 9.17) is 19.2 Å². The molecular formula is C27H23NO5. The number of nitrogens with zero attached hydrogens (tertiary/aromatic N) is 1. The van der Waals surface area contributed by atoms with Crippen molar-refractivity contribution in [1.82, 2.24) is 4.98 Å². The Morgan fingerprint density at radius 3 is 2.79 bits per heavy atom. The number of rotatable bonds is 3. The van der Waals surface area contributed by atoms with Gasteiger partial charge in [-0.2, -0.15) is 0 Å². The Morgan fingerprint density at radius 1 is 1.03 bits per heavy atom. The van der Waals surface area contributed by atoms with Crippen LogP contribution in [0.15, 0.2) is 42.5 Å². The molecule has 6 nitrogen and oxygen atoms in total. The third kappa shape index (κ3) is 3.55. The van der Waals surface area contributed by atoms with Gasteiger partial charge in [0.05, 0.1) is 16.8 Å². The molecule has 1 fully saturated rings. The van der Waals surface area contributed by atoms with Crippen LogP contribution in [0.5, 0.6) is 11.5 Å². The van der Waals surface area contributed by atoms with Crippen LogP contribution >= 0.6 is 0 Å². The van der Waals surface area contributed by atoms with Crippen molar-refractivity contribution in [3.05, 3.63) is 64.8 Å². The molecule has 0 radical (unpaired) electrons. The molecule has 1 aromatic heterocycles. The summed E-state index contributed by atoms with van der Waals surface area (Å²) in [6.07, 6.45) is 5.85. The number of ketones is 1. The number of fused-ring (bicyclic) bond motifs is 3. The van der Waals surface area contributed by atoms with Crippen molar-refractivity contribution in [1.29, 1.82) is 0 Å². The van der Waals surface area contributed by atoms with E-state index in [1.807, 2.05) is 42.5 Å². The summed E-state index contributed by atoms with van der Waals surface area (Å²) in [6, 6.07) is 13.5. The number of pyridine rings is 1. The van der Waals surface area contributed by atoms with E-state index in [1.165, 1.54) is 0 Å². The Hall–Kier alpha value is -3.67. The van der Waals surface area contributed by atoms with Gasteiger partial charge in [0.2, 0.25) is 6.79 Å². The van der Waals surface area contributed by atoms with E-state index in [0.717, 1.165) is 70.5 Å². The first kappa shape index (κ1) is 20.0. The van der Waals surface area contributed by atoms with Crippen LogP contribution in [0.2, 0.25) is 0 Å². The van der Waals surface area contributed by atoms with E-state index in [-0.39, 0.29) is 12.6 Å². The maximum atomic E-state index is 13.4. The molecule has 2 heterocycles. The van der Waals surface area contributed by atoms with Gasteiger partial charge in [-0.05, 0) is 73.1 Å². The second kappa shape index (κ2) is 8.03. The fraction of sp³-hybridized carbons (Fsp3) is 0.296. The van der Waals surface area contributed by atoms with Gasteiger partial charge in [-0.1, -0.05) is 24.3 Å². The van der Waals surface area contributed by atoms with Crippen molar-refractivity contribution in [2.24, 2.45) is 0 Å². The second-order valence-electron chi connectivity index (χ2n) is 8.72. The van der Waals surface area contributed by atoms with Crippen molar-refractivity contribution >= 4 is 34.3 Å². The molecule has 1 aliphatic heterocycles. The summed E-state index contributed by atoms with van der Waals surface area (Å²) in [7, 11) is 0. The summed E-state index contributed by atoms with van der Waals surface area (Å²) in [4.78, 5) is 30.4. The molecule has 2 aromatic carbocycles. The minimum Gasteiger partial charge on any atom is -0.454 e. The minimum absolute atomic E-state index is 0.0129.